The zero-order valence-electron chi connectivity index (χ0n) is 11.3. The third-order valence-electron chi connectivity index (χ3n) is 4.03. The Bertz CT molecular complexity index is 519. The van der Waals surface area contributed by atoms with Crippen LogP contribution in [0.4, 0.5) is 5.69 Å². The van der Waals surface area contributed by atoms with E-state index >= 15 is 0 Å². The number of likely N-dealkylation sites (tertiary alicyclic amines) is 1. The first-order valence-electron chi connectivity index (χ1n) is 6.76. The average Bonchev–Trinajstić information content (AvgIpc) is 2.93. The summed E-state index contributed by atoms with van der Waals surface area (Å²) in [6.07, 6.45) is 0. The first kappa shape index (κ1) is 13.1. The van der Waals surface area contributed by atoms with Crippen molar-refractivity contribution in [2.24, 2.45) is 11.8 Å². The van der Waals surface area contributed by atoms with E-state index in [-0.39, 0.29) is 29.7 Å². The molecule has 106 valence electrons. The number of likely N-dealkylation sites (N-methyl/N-ethyl adjacent to an activating group) is 1. The number of anilines is 1. The van der Waals surface area contributed by atoms with Crippen molar-refractivity contribution in [1.29, 1.82) is 0 Å². The quantitative estimate of drug-likeness (QED) is 0.698. The summed E-state index contributed by atoms with van der Waals surface area (Å²) in [5, 5.41) is 2.93. The highest BCUT2D eigenvalue weighted by molar-refractivity contribution is 5.95. The maximum atomic E-state index is 12.5. The van der Waals surface area contributed by atoms with E-state index in [1.165, 1.54) is 0 Å². The molecule has 1 aromatic carbocycles. The van der Waals surface area contributed by atoms with Crippen molar-refractivity contribution >= 4 is 17.5 Å². The molecule has 6 nitrogen and oxygen atoms in total. The number of benzene rings is 1. The molecule has 2 fully saturated rings. The molecule has 3 unspecified atom stereocenters. The van der Waals surface area contributed by atoms with Gasteiger partial charge in [0.15, 0.2) is 0 Å². The van der Waals surface area contributed by atoms with Gasteiger partial charge in [-0.25, -0.2) is 5.43 Å². The highest BCUT2D eigenvalue weighted by atomic mass is 16.2. The number of nitrogens with one attached hydrogen (secondary N) is 3. The van der Waals surface area contributed by atoms with Crippen LogP contribution in [0.5, 0.6) is 0 Å². The molecule has 2 aliphatic rings. The Kier molecular flexibility index (Phi) is 3.42. The van der Waals surface area contributed by atoms with Gasteiger partial charge in [0.2, 0.25) is 11.8 Å². The minimum atomic E-state index is -0.305. The molecule has 2 heterocycles. The van der Waals surface area contributed by atoms with Gasteiger partial charge < -0.3 is 10.2 Å². The highest BCUT2D eigenvalue weighted by Gasteiger charge is 2.46. The summed E-state index contributed by atoms with van der Waals surface area (Å²) >= 11 is 0. The summed E-state index contributed by atoms with van der Waals surface area (Å²) < 4.78 is 0. The van der Waals surface area contributed by atoms with Crippen LogP contribution in [0.25, 0.3) is 0 Å². The van der Waals surface area contributed by atoms with Crippen molar-refractivity contribution in [3.05, 3.63) is 30.3 Å². The predicted molar refractivity (Wildman–Crippen MR) is 74.6 cm³/mol. The van der Waals surface area contributed by atoms with E-state index in [0.717, 1.165) is 5.69 Å². The predicted octanol–water partition coefficient (Wildman–Crippen LogP) is -0.194. The zero-order chi connectivity index (χ0) is 14.1. The topological polar surface area (TPSA) is 73.5 Å². The third-order valence-corrected chi connectivity index (χ3v) is 4.03. The second-order valence-electron chi connectivity index (χ2n) is 5.35. The number of fused-ring (bicyclic) bond motifs is 1. The number of carbonyl (C=O) groups excluding carboxylic acids is 2. The normalized spacial score (nSPS) is 29.1. The van der Waals surface area contributed by atoms with Gasteiger partial charge in [-0.2, -0.15) is 0 Å². The lowest BCUT2D eigenvalue weighted by atomic mass is 9.82. The van der Waals surface area contributed by atoms with Crippen molar-refractivity contribution in [3.63, 3.8) is 0 Å². The standard InChI is InChI=1S/C14H18N4O2/c1-18-8-11(10-7-15-17-12(10)14(18)20)13(19)16-9-5-3-2-4-6-9/h2-6,10-12,15,17H,7-8H2,1H3,(H,16,19). The van der Waals surface area contributed by atoms with E-state index in [0.29, 0.717) is 13.1 Å². The first-order chi connectivity index (χ1) is 9.66. The van der Waals surface area contributed by atoms with E-state index in [4.69, 9.17) is 0 Å². The molecular weight excluding hydrogens is 256 g/mol. The Morgan fingerprint density at radius 1 is 1.35 bits per heavy atom. The molecule has 0 radical (unpaired) electrons. The van der Waals surface area contributed by atoms with Crippen LogP contribution < -0.4 is 16.2 Å². The van der Waals surface area contributed by atoms with E-state index in [1.807, 2.05) is 30.3 Å². The molecule has 20 heavy (non-hydrogen) atoms. The van der Waals surface area contributed by atoms with E-state index < -0.39 is 0 Å². The Labute approximate surface area is 117 Å². The number of hydrogen-bond donors (Lipinski definition) is 3. The molecule has 3 rings (SSSR count). The smallest absolute Gasteiger partial charge is 0.241 e. The lowest BCUT2D eigenvalue weighted by Crippen LogP contribution is -2.57. The zero-order valence-corrected chi connectivity index (χ0v) is 11.3. The van der Waals surface area contributed by atoms with E-state index in [9.17, 15) is 9.59 Å². The van der Waals surface area contributed by atoms with Gasteiger partial charge in [-0.05, 0) is 12.1 Å². The molecule has 0 bridgehead atoms. The number of nitrogens with zero attached hydrogens (tertiary/aromatic N) is 1. The number of piperidine rings is 1. The van der Waals surface area contributed by atoms with Crippen molar-refractivity contribution in [2.75, 3.05) is 25.5 Å². The number of carbonyl (C=O) groups is 2. The summed E-state index contributed by atoms with van der Waals surface area (Å²) in [4.78, 5) is 26.1. The van der Waals surface area contributed by atoms with Gasteiger partial charge >= 0.3 is 0 Å². The largest absolute Gasteiger partial charge is 0.344 e. The van der Waals surface area contributed by atoms with E-state index in [2.05, 4.69) is 16.2 Å². The van der Waals surface area contributed by atoms with Gasteiger partial charge in [0, 0.05) is 31.7 Å². The molecule has 6 heteroatoms. The minimum absolute atomic E-state index is 0.00223. The van der Waals surface area contributed by atoms with Crippen molar-refractivity contribution in [1.82, 2.24) is 15.8 Å². The summed E-state index contributed by atoms with van der Waals surface area (Å²) in [6.45, 7) is 1.10. The van der Waals surface area contributed by atoms with Crippen molar-refractivity contribution in [3.8, 4) is 0 Å². The molecule has 0 aliphatic carbocycles. The molecule has 3 N–H and O–H groups in total. The van der Waals surface area contributed by atoms with Gasteiger partial charge in [0.25, 0.3) is 0 Å². The molecule has 0 spiro atoms. The van der Waals surface area contributed by atoms with Crippen molar-refractivity contribution < 1.29 is 9.59 Å². The lowest BCUT2D eigenvalue weighted by molar-refractivity contribution is -0.140. The van der Waals surface area contributed by atoms with Crippen LogP contribution in [0.1, 0.15) is 0 Å². The molecule has 3 atom stereocenters. The number of amides is 2. The van der Waals surface area contributed by atoms with Crippen molar-refractivity contribution in [2.45, 2.75) is 6.04 Å². The number of rotatable bonds is 2. The monoisotopic (exact) mass is 274 g/mol. The first-order valence-corrected chi connectivity index (χ1v) is 6.76. The molecular formula is C14H18N4O2. The van der Waals surface area contributed by atoms with Gasteiger partial charge in [0.1, 0.15) is 6.04 Å². The fourth-order valence-electron chi connectivity index (χ4n) is 2.92. The Hall–Kier alpha value is -1.92. The molecule has 0 aromatic heterocycles. The lowest BCUT2D eigenvalue weighted by Gasteiger charge is -2.36. The molecule has 2 saturated heterocycles. The number of para-hydroxylation sites is 1. The second-order valence-corrected chi connectivity index (χ2v) is 5.35. The summed E-state index contributed by atoms with van der Waals surface area (Å²) in [5.74, 6) is -0.187. The fourth-order valence-corrected chi connectivity index (χ4v) is 2.92. The van der Waals surface area contributed by atoms with Crippen LogP contribution in [-0.2, 0) is 9.59 Å². The number of hydrogen-bond acceptors (Lipinski definition) is 4. The number of hydrazine groups is 1. The van der Waals surface area contributed by atoms with Crippen LogP contribution >= 0.6 is 0 Å². The Morgan fingerprint density at radius 3 is 2.85 bits per heavy atom. The SMILES string of the molecule is CN1CC(C(=O)Nc2ccccc2)C2CNNC2C1=O. The second kappa shape index (κ2) is 5.22. The molecule has 1 aromatic rings. The minimum Gasteiger partial charge on any atom is -0.344 e. The highest BCUT2D eigenvalue weighted by Crippen LogP contribution is 2.27. The third kappa shape index (κ3) is 2.28. The van der Waals surface area contributed by atoms with E-state index in [1.54, 1.807) is 11.9 Å². The maximum absolute atomic E-state index is 12.5. The summed E-state index contributed by atoms with van der Waals surface area (Å²) in [6, 6.07) is 9.08. The Morgan fingerprint density at radius 2 is 2.10 bits per heavy atom. The van der Waals surface area contributed by atoms with Gasteiger partial charge in [0.05, 0.1) is 5.92 Å². The van der Waals surface area contributed by atoms with Gasteiger partial charge in [-0.15, -0.1) is 0 Å². The Balaban J connectivity index is 1.75. The van der Waals surface area contributed by atoms with Gasteiger partial charge in [-0.3, -0.25) is 15.0 Å². The van der Waals surface area contributed by atoms with Gasteiger partial charge in [-0.1, -0.05) is 18.2 Å². The van der Waals surface area contributed by atoms with Crippen LogP contribution in [0.3, 0.4) is 0 Å². The maximum Gasteiger partial charge on any atom is 0.241 e. The average molecular weight is 274 g/mol. The van der Waals surface area contributed by atoms with Crippen LogP contribution in [0.2, 0.25) is 0 Å². The summed E-state index contributed by atoms with van der Waals surface area (Å²) in [5.41, 5.74) is 6.74. The molecule has 0 saturated carbocycles. The summed E-state index contributed by atoms with van der Waals surface area (Å²) in [7, 11) is 1.74. The van der Waals surface area contributed by atoms with Crippen LogP contribution in [0, 0.1) is 11.8 Å². The molecule has 2 amide bonds. The van der Waals surface area contributed by atoms with Crippen LogP contribution in [-0.4, -0.2) is 42.9 Å². The fraction of sp³-hybridized carbons (Fsp3) is 0.429. The van der Waals surface area contributed by atoms with Crippen LogP contribution in [0.15, 0.2) is 30.3 Å². The molecule has 2 aliphatic heterocycles.